The highest BCUT2D eigenvalue weighted by molar-refractivity contribution is 6.17. The summed E-state index contributed by atoms with van der Waals surface area (Å²) in [6.45, 7) is 0. The molecule has 0 aliphatic carbocycles. The van der Waals surface area contributed by atoms with Gasteiger partial charge in [0.15, 0.2) is 0 Å². The van der Waals surface area contributed by atoms with E-state index in [2.05, 4.69) is 0 Å². The zero-order chi connectivity index (χ0) is 8.27. The van der Waals surface area contributed by atoms with E-state index in [4.69, 9.17) is 16.9 Å². The molecule has 0 aromatic heterocycles. The van der Waals surface area contributed by atoms with Crippen LogP contribution in [0.25, 0.3) is 0 Å². The van der Waals surface area contributed by atoms with Gasteiger partial charge >= 0.3 is 0 Å². The van der Waals surface area contributed by atoms with Gasteiger partial charge < -0.3 is 5.11 Å². The van der Waals surface area contributed by atoms with Crippen molar-refractivity contribution >= 4 is 11.6 Å². The number of alkyl halides is 1. The highest BCUT2D eigenvalue weighted by Gasteiger charge is 2.04. The van der Waals surface area contributed by atoms with Crippen LogP contribution in [-0.2, 0) is 5.88 Å². The minimum atomic E-state index is 0.0825. The first-order valence-corrected chi connectivity index (χ1v) is 3.60. The standard InChI is InChI=1S/C8H6ClNO/c9-4-7-6(5-10)2-1-3-8(7)11/h1-3,11H,4H2. The molecule has 0 spiro atoms. The number of benzene rings is 1. The van der Waals surface area contributed by atoms with Crippen LogP contribution < -0.4 is 0 Å². The minimum absolute atomic E-state index is 0.0825. The van der Waals surface area contributed by atoms with Crippen molar-refractivity contribution in [1.82, 2.24) is 0 Å². The maximum absolute atomic E-state index is 9.19. The third kappa shape index (κ3) is 1.44. The zero-order valence-electron chi connectivity index (χ0n) is 5.71. The van der Waals surface area contributed by atoms with Gasteiger partial charge in [-0.2, -0.15) is 5.26 Å². The smallest absolute Gasteiger partial charge is 0.121 e. The van der Waals surface area contributed by atoms with E-state index in [9.17, 15) is 5.11 Å². The summed E-state index contributed by atoms with van der Waals surface area (Å²) in [6, 6.07) is 6.69. The molecule has 0 amide bonds. The van der Waals surface area contributed by atoms with Crippen molar-refractivity contribution in [2.45, 2.75) is 5.88 Å². The van der Waals surface area contributed by atoms with E-state index in [1.165, 1.54) is 6.07 Å². The number of nitrogens with zero attached hydrogens (tertiary/aromatic N) is 1. The second-order valence-corrected chi connectivity index (χ2v) is 2.32. The largest absolute Gasteiger partial charge is 0.508 e. The Labute approximate surface area is 69.7 Å². The molecule has 1 N–H and O–H groups in total. The van der Waals surface area contributed by atoms with Crippen LogP contribution in [0.5, 0.6) is 5.75 Å². The maximum Gasteiger partial charge on any atom is 0.121 e. The van der Waals surface area contributed by atoms with Crippen molar-refractivity contribution in [2.24, 2.45) is 0 Å². The Kier molecular flexibility index (Phi) is 2.35. The highest BCUT2D eigenvalue weighted by Crippen LogP contribution is 2.21. The van der Waals surface area contributed by atoms with Gasteiger partial charge in [0.2, 0.25) is 0 Å². The number of halogens is 1. The number of phenolic OH excluding ortho intramolecular Hbond substituents is 1. The summed E-state index contributed by atoms with van der Waals surface area (Å²) in [7, 11) is 0. The van der Waals surface area contributed by atoms with Gasteiger partial charge in [-0.3, -0.25) is 0 Å². The van der Waals surface area contributed by atoms with Crippen LogP contribution in [0, 0.1) is 11.3 Å². The van der Waals surface area contributed by atoms with Crippen molar-refractivity contribution < 1.29 is 5.11 Å². The van der Waals surface area contributed by atoms with Gasteiger partial charge in [-0.15, -0.1) is 11.6 Å². The number of hydrogen-bond acceptors (Lipinski definition) is 2. The van der Waals surface area contributed by atoms with Crippen LogP contribution in [0.3, 0.4) is 0 Å². The zero-order valence-corrected chi connectivity index (χ0v) is 6.47. The lowest BCUT2D eigenvalue weighted by molar-refractivity contribution is 0.470. The first-order valence-electron chi connectivity index (χ1n) is 3.06. The Balaban J connectivity index is 3.27. The van der Waals surface area contributed by atoms with Crippen LogP contribution in [0.1, 0.15) is 11.1 Å². The fraction of sp³-hybridized carbons (Fsp3) is 0.125. The molecule has 1 aromatic rings. The molecule has 0 unspecified atom stereocenters. The molecular weight excluding hydrogens is 162 g/mol. The second-order valence-electron chi connectivity index (χ2n) is 2.05. The summed E-state index contributed by atoms with van der Waals surface area (Å²) in [4.78, 5) is 0. The molecule has 0 bridgehead atoms. The van der Waals surface area contributed by atoms with Crippen LogP contribution in [0.15, 0.2) is 18.2 Å². The van der Waals surface area contributed by atoms with Gasteiger partial charge in [-0.25, -0.2) is 0 Å². The Morgan fingerprint density at radius 1 is 1.55 bits per heavy atom. The van der Waals surface area contributed by atoms with Gasteiger partial charge in [0, 0.05) is 5.56 Å². The Morgan fingerprint density at radius 2 is 2.27 bits per heavy atom. The lowest BCUT2D eigenvalue weighted by Gasteiger charge is -2.00. The Bertz CT molecular complexity index is 303. The normalized spacial score (nSPS) is 9.09. The lowest BCUT2D eigenvalue weighted by atomic mass is 10.1. The topological polar surface area (TPSA) is 44.0 Å². The van der Waals surface area contributed by atoms with Crippen molar-refractivity contribution in [3.05, 3.63) is 29.3 Å². The monoisotopic (exact) mass is 167 g/mol. The molecule has 2 nitrogen and oxygen atoms in total. The third-order valence-corrected chi connectivity index (χ3v) is 1.67. The van der Waals surface area contributed by atoms with E-state index in [1.807, 2.05) is 6.07 Å². The third-order valence-electron chi connectivity index (χ3n) is 1.41. The van der Waals surface area contributed by atoms with Crippen LogP contribution >= 0.6 is 11.6 Å². The molecule has 0 saturated heterocycles. The molecule has 0 heterocycles. The van der Waals surface area contributed by atoms with Crippen molar-refractivity contribution in [2.75, 3.05) is 0 Å². The maximum atomic E-state index is 9.19. The summed E-state index contributed by atoms with van der Waals surface area (Å²) in [5.41, 5.74) is 0.927. The number of aromatic hydroxyl groups is 1. The van der Waals surface area contributed by atoms with Crippen LogP contribution in [0.4, 0.5) is 0 Å². The van der Waals surface area contributed by atoms with Gasteiger partial charge in [-0.1, -0.05) is 6.07 Å². The van der Waals surface area contributed by atoms with Crippen molar-refractivity contribution in [3.8, 4) is 11.8 Å². The summed E-state index contributed by atoms with van der Waals surface area (Å²) < 4.78 is 0. The predicted octanol–water partition coefficient (Wildman–Crippen LogP) is 2.00. The molecule has 0 aliphatic rings. The average Bonchev–Trinajstić information content (AvgIpc) is 2.04. The molecule has 0 radical (unpaired) electrons. The lowest BCUT2D eigenvalue weighted by Crippen LogP contribution is -1.85. The first-order chi connectivity index (χ1) is 5.29. The SMILES string of the molecule is N#Cc1cccc(O)c1CCl. The molecule has 0 saturated carbocycles. The molecule has 0 fully saturated rings. The molecule has 1 rings (SSSR count). The van der Waals surface area contributed by atoms with E-state index in [1.54, 1.807) is 12.1 Å². The fourth-order valence-corrected chi connectivity index (χ4v) is 1.10. The molecular formula is C8H6ClNO. The molecule has 0 aliphatic heterocycles. The highest BCUT2D eigenvalue weighted by atomic mass is 35.5. The minimum Gasteiger partial charge on any atom is -0.508 e. The Morgan fingerprint density at radius 3 is 2.73 bits per heavy atom. The number of phenols is 1. The van der Waals surface area contributed by atoms with Gasteiger partial charge in [-0.05, 0) is 12.1 Å². The molecule has 0 atom stereocenters. The second kappa shape index (κ2) is 3.27. The van der Waals surface area contributed by atoms with E-state index >= 15 is 0 Å². The van der Waals surface area contributed by atoms with Crippen molar-refractivity contribution in [1.29, 1.82) is 5.26 Å². The average molecular weight is 168 g/mol. The number of rotatable bonds is 1. The van der Waals surface area contributed by atoms with E-state index in [-0.39, 0.29) is 11.6 Å². The quantitative estimate of drug-likeness (QED) is 0.651. The molecule has 56 valence electrons. The van der Waals surface area contributed by atoms with Crippen LogP contribution in [-0.4, -0.2) is 5.11 Å². The van der Waals surface area contributed by atoms with E-state index < -0.39 is 0 Å². The fourth-order valence-electron chi connectivity index (χ4n) is 0.820. The summed E-state index contributed by atoms with van der Waals surface area (Å²) in [5.74, 6) is 0.245. The van der Waals surface area contributed by atoms with Gasteiger partial charge in [0.1, 0.15) is 5.75 Å². The Hall–Kier alpha value is -1.20. The summed E-state index contributed by atoms with van der Waals surface area (Å²) in [5, 5.41) is 17.7. The van der Waals surface area contributed by atoms with E-state index in [0.717, 1.165) is 0 Å². The summed E-state index contributed by atoms with van der Waals surface area (Å²) in [6.07, 6.45) is 0. The number of hydrogen-bond donors (Lipinski definition) is 1. The predicted molar refractivity (Wildman–Crippen MR) is 42.4 cm³/mol. The van der Waals surface area contributed by atoms with Crippen LogP contribution in [0.2, 0.25) is 0 Å². The number of nitriles is 1. The molecule has 3 heteroatoms. The first kappa shape index (κ1) is 7.90. The molecule has 1 aromatic carbocycles. The van der Waals surface area contributed by atoms with Crippen molar-refractivity contribution in [3.63, 3.8) is 0 Å². The summed E-state index contributed by atoms with van der Waals surface area (Å²) >= 11 is 5.50. The van der Waals surface area contributed by atoms with Gasteiger partial charge in [0.25, 0.3) is 0 Å². The molecule has 11 heavy (non-hydrogen) atoms. The van der Waals surface area contributed by atoms with Gasteiger partial charge in [0.05, 0.1) is 17.5 Å². The van der Waals surface area contributed by atoms with E-state index in [0.29, 0.717) is 11.1 Å².